The summed E-state index contributed by atoms with van der Waals surface area (Å²) in [6, 6.07) is 21.7. The molecule has 0 radical (unpaired) electrons. The molecule has 6 nitrogen and oxygen atoms in total. The van der Waals surface area contributed by atoms with Crippen LogP contribution in [-0.2, 0) is 11.2 Å². The number of aromatic nitrogens is 2. The fraction of sp³-hybridized carbons (Fsp3) is 0.281. The van der Waals surface area contributed by atoms with Crippen molar-refractivity contribution in [3.05, 3.63) is 112 Å². The Balaban J connectivity index is 1.49. The lowest BCUT2D eigenvalue weighted by molar-refractivity contribution is -0.116. The van der Waals surface area contributed by atoms with E-state index in [1.807, 2.05) is 60.7 Å². The Morgan fingerprint density at radius 1 is 1.07 bits per heavy atom. The normalized spacial score (nSPS) is 16.7. The van der Waals surface area contributed by atoms with E-state index in [9.17, 15) is 4.79 Å². The molecule has 2 aromatic heterocycles. The van der Waals surface area contributed by atoms with E-state index in [-0.39, 0.29) is 18.0 Å². The topological polar surface area (TPSA) is 62.2 Å². The summed E-state index contributed by atoms with van der Waals surface area (Å²) in [6.07, 6.45) is 2.96. The number of nitrogens with zero attached hydrogens (tertiary/aromatic N) is 3. The van der Waals surface area contributed by atoms with Gasteiger partial charge in [0.1, 0.15) is 0 Å². The zero-order chi connectivity index (χ0) is 28.4. The number of carbonyl (C=O) groups is 1. The third-order valence-corrected chi connectivity index (χ3v) is 8.24. The molecule has 1 fully saturated rings. The molecule has 8 heteroatoms. The van der Waals surface area contributed by atoms with Crippen LogP contribution in [0.1, 0.15) is 59.2 Å². The SMILES string of the molecule is CCc1ccccc1NC(=O)CCN1C(=S)N[C@@H](c2ccccn2)[C@H]1c1cc(C)n(-c2cc(Cl)ccc2C)c1C. The van der Waals surface area contributed by atoms with E-state index in [0.29, 0.717) is 23.1 Å². The van der Waals surface area contributed by atoms with Crippen LogP contribution >= 0.6 is 23.8 Å². The molecule has 0 aliphatic carbocycles. The maximum Gasteiger partial charge on any atom is 0.226 e. The second kappa shape index (κ2) is 11.8. The van der Waals surface area contributed by atoms with Gasteiger partial charge in [-0.05, 0) is 92.5 Å². The third-order valence-electron chi connectivity index (χ3n) is 7.65. The number of halogens is 1. The molecule has 5 rings (SSSR count). The maximum atomic E-state index is 13.1. The number of amides is 1. The van der Waals surface area contributed by atoms with Crippen molar-refractivity contribution in [1.29, 1.82) is 0 Å². The number of benzene rings is 2. The molecule has 0 unspecified atom stereocenters. The minimum atomic E-state index is -0.160. The fourth-order valence-corrected chi connectivity index (χ4v) is 6.15. The van der Waals surface area contributed by atoms with Crippen LogP contribution in [0.3, 0.4) is 0 Å². The number of anilines is 1. The van der Waals surface area contributed by atoms with Crippen molar-refractivity contribution in [3.63, 3.8) is 0 Å². The number of para-hydroxylation sites is 1. The van der Waals surface area contributed by atoms with Gasteiger partial charge in [-0.3, -0.25) is 9.78 Å². The number of carbonyl (C=O) groups excluding carboxylic acids is 1. The van der Waals surface area contributed by atoms with Crippen LogP contribution in [0.4, 0.5) is 5.69 Å². The van der Waals surface area contributed by atoms with Crippen LogP contribution in [0.25, 0.3) is 5.69 Å². The zero-order valence-electron chi connectivity index (χ0n) is 23.2. The summed E-state index contributed by atoms with van der Waals surface area (Å²) in [6.45, 7) is 8.89. The molecule has 1 saturated heterocycles. The molecule has 2 aromatic carbocycles. The van der Waals surface area contributed by atoms with Crippen LogP contribution in [0.15, 0.2) is 72.9 Å². The predicted molar refractivity (Wildman–Crippen MR) is 166 cm³/mol. The van der Waals surface area contributed by atoms with Crippen LogP contribution in [0.2, 0.25) is 5.02 Å². The molecule has 1 amide bonds. The number of nitrogens with one attached hydrogen (secondary N) is 2. The number of hydrogen-bond acceptors (Lipinski definition) is 3. The molecule has 0 saturated carbocycles. The summed E-state index contributed by atoms with van der Waals surface area (Å²) in [4.78, 5) is 19.9. The monoisotopic (exact) mass is 571 g/mol. The van der Waals surface area contributed by atoms with E-state index >= 15 is 0 Å². The highest BCUT2D eigenvalue weighted by atomic mass is 35.5. The molecule has 3 heterocycles. The van der Waals surface area contributed by atoms with Crippen LogP contribution in [0, 0.1) is 20.8 Å². The molecule has 0 spiro atoms. The lowest BCUT2D eigenvalue weighted by Crippen LogP contribution is -2.33. The predicted octanol–water partition coefficient (Wildman–Crippen LogP) is 7.01. The lowest BCUT2D eigenvalue weighted by atomic mass is 9.96. The van der Waals surface area contributed by atoms with Crippen LogP contribution in [-0.4, -0.2) is 32.0 Å². The molecular weight excluding hydrogens is 538 g/mol. The first-order valence-electron chi connectivity index (χ1n) is 13.6. The van der Waals surface area contributed by atoms with Gasteiger partial charge in [0.2, 0.25) is 5.91 Å². The Hall–Kier alpha value is -3.68. The van der Waals surface area contributed by atoms with Gasteiger partial charge in [0.15, 0.2) is 5.11 Å². The van der Waals surface area contributed by atoms with Crippen molar-refractivity contribution < 1.29 is 4.79 Å². The maximum absolute atomic E-state index is 13.1. The first-order valence-corrected chi connectivity index (χ1v) is 14.4. The van der Waals surface area contributed by atoms with Crippen molar-refractivity contribution in [2.75, 3.05) is 11.9 Å². The van der Waals surface area contributed by atoms with Gasteiger partial charge in [0, 0.05) is 46.9 Å². The summed E-state index contributed by atoms with van der Waals surface area (Å²) in [7, 11) is 0. The second-order valence-electron chi connectivity index (χ2n) is 10.2. The van der Waals surface area contributed by atoms with E-state index in [2.05, 4.69) is 58.8 Å². The van der Waals surface area contributed by atoms with Crippen molar-refractivity contribution >= 4 is 40.5 Å². The number of aryl methyl sites for hydroxylation is 3. The molecular formula is C32H34ClN5OS. The first kappa shape index (κ1) is 27.9. The largest absolute Gasteiger partial charge is 0.352 e. The number of pyridine rings is 1. The summed E-state index contributed by atoms with van der Waals surface area (Å²) in [5.41, 5.74) is 8.42. The Kier molecular flexibility index (Phi) is 8.24. The van der Waals surface area contributed by atoms with Crippen molar-refractivity contribution in [1.82, 2.24) is 19.8 Å². The molecule has 1 aliphatic heterocycles. The van der Waals surface area contributed by atoms with E-state index in [0.717, 1.165) is 51.6 Å². The highest BCUT2D eigenvalue weighted by Crippen LogP contribution is 2.41. The van der Waals surface area contributed by atoms with Crippen LogP contribution < -0.4 is 10.6 Å². The fourth-order valence-electron chi connectivity index (χ4n) is 5.65. The van der Waals surface area contributed by atoms with Crippen LogP contribution in [0.5, 0.6) is 0 Å². The Labute approximate surface area is 246 Å². The van der Waals surface area contributed by atoms with Gasteiger partial charge in [0.25, 0.3) is 0 Å². The van der Waals surface area contributed by atoms with E-state index in [1.54, 1.807) is 6.20 Å². The van der Waals surface area contributed by atoms with Crippen molar-refractivity contribution in [2.24, 2.45) is 0 Å². The zero-order valence-corrected chi connectivity index (χ0v) is 24.8. The number of hydrogen-bond donors (Lipinski definition) is 2. The summed E-state index contributed by atoms with van der Waals surface area (Å²) in [5, 5.41) is 7.92. The lowest BCUT2D eigenvalue weighted by Gasteiger charge is -2.28. The Morgan fingerprint density at radius 2 is 1.85 bits per heavy atom. The minimum absolute atomic E-state index is 0.0382. The third kappa shape index (κ3) is 5.49. The summed E-state index contributed by atoms with van der Waals surface area (Å²) in [5.74, 6) is -0.0382. The second-order valence-corrected chi connectivity index (χ2v) is 11.0. The molecule has 4 aromatic rings. The van der Waals surface area contributed by atoms with Gasteiger partial charge in [-0.25, -0.2) is 0 Å². The quantitative estimate of drug-likeness (QED) is 0.223. The molecule has 2 atom stereocenters. The molecule has 2 N–H and O–H groups in total. The summed E-state index contributed by atoms with van der Waals surface area (Å²) >= 11 is 12.3. The average molecular weight is 572 g/mol. The van der Waals surface area contributed by atoms with E-state index in [4.69, 9.17) is 23.8 Å². The smallest absolute Gasteiger partial charge is 0.226 e. The van der Waals surface area contributed by atoms with Gasteiger partial charge in [-0.1, -0.05) is 48.9 Å². The number of rotatable bonds is 8. The van der Waals surface area contributed by atoms with E-state index in [1.165, 1.54) is 0 Å². The van der Waals surface area contributed by atoms with Gasteiger partial charge in [-0.15, -0.1) is 0 Å². The molecule has 0 bridgehead atoms. The van der Waals surface area contributed by atoms with Gasteiger partial charge < -0.3 is 20.1 Å². The molecule has 206 valence electrons. The minimum Gasteiger partial charge on any atom is -0.352 e. The van der Waals surface area contributed by atoms with Gasteiger partial charge in [-0.2, -0.15) is 0 Å². The molecule has 1 aliphatic rings. The Morgan fingerprint density at radius 3 is 2.60 bits per heavy atom. The highest BCUT2D eigenvalue weighted by Gasteiger charge is 2.41. The van der Waals surface area contributed by atoms with Gasteiger partial charge >= 0.3 is 0 Å². The highest BCUT2D eigenvalue weighted by molar-refractivity contribution is 7.80. The average Bonchev–Trinajstić information content (AvgIpc) is 3.43. The van der Waals surface area contributed by atoms with Crippen molar-refractivity contribution in [3.8, 4) is 5.69 Å². The molecule has 40 heavy (non-hydrogen) atoms. The number of thiocarbonyl (C=S) groups is 1. The standard InChI is InChI=1S/C32H34ClN5OS/c1-5-23-10-6-7-11-26(23)35-29(39)15-17-37-31(30(36-32(37)40)27-12-8-9-16-34-27)25-18-21(3)38(22(25)4)28-19-24(33)14-13-20(28)2/h6-14,16,18-19,30-31H,5,15,17H2,1-4H3,(H,35,39)(H,36,40)/t30-,31+/m0/s1. The van der Waals surface area contributed by atoms with Gasteiger partial charge in [0.05, 0.1) is 17.8 Å². The Bertz CT molecular complexity index is 1550. The first-order chi connectivity index (χ1) is 19.3. The summed E-state index contributed by atoms with van der Waals surface area (Å²) < 4.78 is 2.25. The van der Waals surface area contributed by atoms with E-state index < -0.39 is 0 Å². The van der Waals surface area contributed by atoms with Crippen molar-refractivity contribution in [2.45, 2.75) is 52.6 Å².